The van der Waals surface area contributed by atoms with Gasteiger partial charge in [0.25, 0.3) is 5.97 Å². The highest BCUT2D eigenvalue weighted by atomic mass is 32.2. The molecule has 2 aliphatic rings. The molecule has 9 rings (SSSR count). The standard InChI is InChI=1S/C78H102N18O13S.C2H4O2/c1-3-17-52(80)77(108)95-35-15-27-64(95)76(107)90-59(26-13-14-34-79)78(109)96-36-16-28-65(96)75(106)89-58(30-32-67(82)98)69(100)88-57(29-31-66(81)97)70(101)92-62(40-47-43-85-54-24-11-8-21-50(47)54)73(104)91-60(38-45-18-5-4-6-19-45)71(102)93-63(41-48-44-86-55-25-12-9-22-51(48)55)74(105)94-61(72(103)87-56(68(83)99)33-37-110-2)39-46-42-84-53-23-10-7-20-49(46)53;1-2(3)4/h4-12,18-25,42-44,52,56-65,84-86H,3,13-17,26-41,79-80H2,1-2H3,(H2,81,97)(H2,82,98)(H2,83,99)(H,87,103)(H,88,100)(H,89,106)(H,90,107)(H,91,104)(H,92,101)(H,93,102)(H,94,105);1H3,(H,3,4)/t52-,56-,57-,58-,59-,60-,61+,62+,63+,64-,65-;/m0./s1. The fourth-order valence-electron chi connectivity index (χ4n) is 14.3. The average Bonchev–Trinajstić information content (AvgIpc) is 1.63. The number of nitrogens with two attached hydrogens (primary N) is 5. The second kappa shape index (κ2) is 43.4. The quantitative estimate of drug-likeness (QED) is 0.0240. The summed E-state index contributed by atoms with van der Waals surface area (Å²) in [6.07, 6.45) is 8.07. The molecule has 2 aliphatic heterocycles. The molecule has 0 aliphatic carbocycles. The summed E-state index contributed by atoms with van der Waals surface area (Å²) in [7, 11) is 0. The summed E-state index contributed by atoms with van der Waals surface area (Å²) < 4.78 is 0. The second-order valence-electron chi connectivity index (χ2n) is 28.6. The molecule has 114 heavy (non-hydrogen) atoms. The van der Waals surface area contributed by atoms with Crippen LogP contribution in [0.3, 0.4) is 0 Å². The molecule has 0 saturated carbocycles. The predicted octanol–water partition coefficient (Wildman–Crippen LogP) is 1.38. The van der Waals surface area contributed by atoms with Crippen molar-refractivity contribution in [3.05, 3.63) is 144 Å². The van der Waals surface area contributed by atoms with Crippen LogP contribution in [0.5, 0.6) is 0 Å². The monoisotopic (exact) mass is 1590 g/mol. The zero-order valence-corrected chi connectivity index (χ0v) is 65.1. The molecule has 2 fully saturated rings. The van der Waals surface area contributed by atoms with Gasteiger partial charge in [-0.3, -0.25) is 67.1 Å². The SMILES string of the molecule is CC(=O)O.CCC[C@H](N)C(=O)N1CCC[C@H]1C(=O)N[C@@H](CCCCN)C(=O)N1CCC[C@H]1C(=O)N[C@@H](CCC(N)=O)C(=O)N[C@@H](CCC(N)=O)C(=O)N[C@H](Cc1c[nH]c2ccccc12)C(=O)N[C@@H](Cc1ccccc1)C(=O)N[C@H](Cc1c[nH]c2ccccc12)C(=O)N[C@H](Cc1c[nH]c2ccccc12)C(=O)N[C@@H](CCSC)C(N)=O. The molecule has 34 heteroatoms. The Morgan fingerprint density at radius 2 is 0.833 bits per heavy atom. The van der Waals surface area contributed by atoms with Gasteiger partial charge in [0.15, 0.2) is 0 Å². The summed E-state index contributed by atoms with van der Waals surface area (Å²) in [4.78, 5) is 207. The van der Waals surface area contributed by atoms with Crippen molar-refractivity contribution in [1.29, 1.82) is 0 Å². The Hall–Kier alpha value is -11.7. The van der Waals surface area contributed by atoms with Gasteiger partial charge in [0.1, 0.15) is 60.4 Å². The van der Waals surface area contributed by atoms with Crippen LogP contribution in [0.4, 0.5) is 0 Å². The van der Waals surface area contributed by atoms with Crippen LogP contribution in [-0.2, 0) is 92.8 Å². The maximum atomic E-state index is 15.5. The maximum Gasteiger partial charge on any atom is 0.300 e. The molecule has 11 atom stereocenters. The van der Waals surface area contributed by atoms with Gasteiger partial charge in [0.2, 0.25) is 76.8 Å². The van der Waals surface area contributed by atoms with Gasteiger partial charge in [-0.1, -0.05) is 98.3 Å². The van der Waals surface area contributed by atoms with Crippen molar-refractivity contribution in [2.45, 2.75) is 196 Å². The van der Waals surface area contributed by atoms with E-state index in [1.165, 1.54) is 21.6 Å². The molecule has 13 amide bonds. The van der Waals surface area contributed by atoms with Gasteiger partial charge in [0, 0.05) is 110 Å². The molecule has 4 aromatic carbocycles. The molecule has 7 aromatic rings. The van der Waals surface area contributed by atoms with Crippen LogP contribution in [0.15, 0.2) is 122 Å². The fraction of sp³-hybridized carbons (Fsp3) is 0.450. The molecule has 2 saturated heterocycles. The third kappa shape index (κ3) is 25.2. The summed E-state index contributed by atoms with van der Waals surface area (Å²) in [5.41, 5.74) is 33.6. The van der Waals surface area contributed by atoms with Crippen LogP contribution < -0.4 is 71.2 Å². The molecule has 22 N–H and O–H groups in total. The number of aliphatic carboxylic acids is 1. The van der Waals surface area contributed by atoms with Crippen LogP contribution in [0, 0.1) is 0 Å². The van der Waals surface area contributed by atoms with Gasteiger partial charge in [-0.2, -0.15) is 11.8 Å². The minimum Gasteiger partial charge on any atom is -0.481 e. The number of carbonyl (C=O) groups excluding carboxylic acids is 13. The number of amides is 13. The number of unbranched alkanes of at least 4 members (excludes halogenated alkanes) is 1. The first-order valence-corrected chi connectivity index (χ1v) is 39.8. The Morgan fingerprint density at radius 1 is 0.465 bits per heavy atom. The minimum absolute atomic E-state index is 0.0773. The molecule has 33 nitrogen and oxygen atoms in total. The van der Waals surface area contributed by atoms with Gasteiger partial charge >= 0.3 is 0 Å². The lowest BCUT2D eigenvalue weighted by molar-refractivity contribution is -0.144. The Morgan fingerprint density at radius 3 is 1.24 bits per heavy atom. The number of hydrogen-bond donors (Lipinski definition) is 17. The molecular formula is C80H106N18O15S. The number of aromatic amines is 3. The number of carboxylic acids is 1. The Kier molecular flexibility index (Phi) is 33.5. The van der Waals surface area contributed by atoms with E-state index in [2.05, 4.69) is 57.5 Å². The summed E-state index contributed by atoms with van der Waals surface area (Å²) in [5.74, 6) is -10.6. The van der Waals surface area contributed by atoms with Crippen molar-refractivity contribution < 1.29 is 72.2 Å². The van der Waals surface area contributed by atoms with Crippen LogP contribution in [0.2, 0.25) is 0 Å². The lowest BCUT2D eigenvalue weighted by Crippen LogP contribution is -2.61. The normalized spacial score (nSPS) is 16.3. The number of H-pyrrole nitrogens is 3. The smallest absolute Gasteiger partial charge is 0.300 e. The van der Waals surface area contributed by atoms with Gasteiger partial charge in [-0.15, -0.1) is 0 Å². The molecule has 3 aromatic heterocycles. The largest absolute Gasteiger partial charge is 0.481 e. The summed E-state index contributed by atoms with van der Waals surface area (Å²) in [6.45, 7) is 3.66. The van der Waals surface area contributed by atoms with E-state index >= 15 is 19.2 Å². The minimum atomic E-state index is -1.69. The number of aromatic nitrogens is 3. The summed E-state index contributed by atoms with van der Waals surface area (Å²) in [6, 6.07) is 16.1. The van der Waals surface area contributed by atoms with Gasteiger partial charge in [-0.25, -0.2) is 0 Å². The van der Waals surface area contributed by atoms with E-state index in [1.54, 1.807) is 73.2 Å². The van der Waals surface area contributed by atoms with Crippen LogP contribution in [0.25, 0.3) is 32.7 Å². The number of carbonyl (C=O) groups is 14. The molecular weight excluding hydrogens is 1490 g/mol. The molecule has 612 valence electrons. The van der Waals surface area contributed by atoms with Gasteiger partial charge in [0.05, 0.1) is 6.04 Å². The highest BCUT2D eigenvalue weighted by Crippen LogP contribution is 2.27. The molecule has 5 heterocycles. The van der Waals surface area contributed by atoms with Crippen molar-refractivity contribution >= 4 is 127 Å². The molecule has 0 unspecified atom stereocenters. The van der Waals surface area contributed by atoms with Crippen LogP contribution >= 0.6 is 11.8 Å². The van der Waals surface area contributed by atoms with Gasteiger partial charge in [-0.05, 0) is 130 Å². The van der Waals surface area contributed by atoms with E-state index in [9.17, 15) is 43.2 Å². The van der Waals surface area contributed by atoms with Crippen molar-refractivity contribution in [2.75, 3.05) is 31.6 Å². The predicted molar refractivity (Wildman–Crippen MR) is 429 cm³/mol. The molecule has 0 spiro atoms. The van der Waals surface area contributed by atoms with E-state index in [4.69, 9.17) is 38.6 Å². The number of para-hydroxylation sites is 3. The zero-order valence-electron chi connectivity index (χ0n) is 64.3. The van der Waals surface area contributed by atoms with Crippen molar-refractivity contribution in [1.82, 2.24) is 67.3 Å². The number of rotatable bonds is 42. The van der Waals surface area contributed by atoms with Crippen molar-refractivity contribution in [3.8, 4) is 0 Å². The third-order valence-electron chi connectivity index (χ3n) is 20.2. The van der Waals surface area contributed by atoms with Crippen LogP contribution in [0.1, 0.15) is 126 Å². The topological polar surface area (TPSA) is 539 Å². The lowest BCUT2D eigenvalue weighted by Gasteiger charge is -2.32. The number of likely N-dealkylation sites (tertiary alicyclic amines) is 2. The average molecular weight is 1590 g/mol. The number of hydrogen-bond acceptors (Lipinski definition) is 17. The first-order chi connectivity index (χ1) is 54.7. The Labute approximate surface area is 663 Å². The number of carboxylic acid groups (broad SMARTS) is 1. The Bertz CT molecular complexity index is 4530. The van der Waals surface area contributed by atoms with Crippen LogP contribution in [-0.4, -0.2) is 211 Å². The highest BCUT2D eigenvalue weighted by molar-refractivity contribution is 7.98. The highest BCUT2D eigenvalue weighted by Gasteiger charge is 2.43. The number of primary amides is 3. The van der Waals surface area contributed by atoms with E-state index in [-0.39, 0.29) is 57.4 Å². The second-order valence-corrected chi connectivity index (χ2v) is 29.6. The van der Waals surface area contributed by atoms with E-state index in [1.807, 2.05) is 61.7 Å². The van der Waals surface area contributed by atoms with Crippen molar-refractivity contribution in [3.63, 3.8) is 0 Å². The summed E-state index contributed by atoms with van der Waals surface area (Å²) >= 11 is 1.45. The summed E-state index contributed by atoms with van der Waals surface area (Å²) in [5, 5.41) is 31.8. The zero-order chi connectivity index (χ0) is 82.5. The lowest BCUT2D eigenvalue weighted by atomic mass is 9.99. The van der Waals surface area contributed by atoms with E-state index in [0.717, 1.165) is 28.7 Å². The van der Waals surface area contributed by atoms with Gasteiger partial charge < -0.3 is 101 Å². The first kappa shape index (κ1) is 87.9. The van der Waals surface area contributed by atoms with Crippen molar-refractivity contribution in [2.24, 2.45) is 28.7 Å². The number of benzene rings is 4. The molecule has 0 radical (unpaired) electrons. The number of fused-ring (bicyclic) bond motifs is 3. The third-order valence-corrected chi connectivity index (χ3v) is 20.8. The number of nitrogens with zero attached hydrogens (tertiary/aromatic N) is 2. The first-order valence-electron chi connectivity index (χ1n) is 38.4. The van der Waals surface area contributed by atoms with E-state index in [0.29, 0.717) is 96.9 Å². The maximum absolute atomic E-state index is 15.5. The Balaban J connectivity index is 0.00000397. The number of thioether (sulfide) groups is 1. The fourth-order valence-corrected chi connectivity index (χ4v) is 14.7. The molecule has 0 bridgehead atoms. The number of nitrogens with one attached hydrogen (secondary N) is 11. The van der Waals surface area contributed by atoms with E-state index < -0.39 is 169 Å².